The standard InChI is InChI=1S/C22H21FN4OS/c1-15-10-16(2)12-19(11-15)27(9-3-8-24)21(28)14-29-22-25-13-20(26-22)17-4-6-18(23)7-5-17/h4-7,10-13H,3,9,14H2,1-2H3,(H,25,26). The number of carbonyl (C=O) groups excluding carboxylic acids is 1. The van der Waals surface area contributed by atoms with Gasteiger partial charge in [0.05, 0.1) is 30.1 Å². The van der Waals surface area contributed by atoms with Gasteiger partial charge in [0.2, 0.25) is 5.91 Å². The summed E-state index contributed by atoms with van der Waals surface area (Å²) in [7, 11) is 0. The van der Waals surface area contributed by atoms with Gasteiger partial charge in [-0.05, 0) is 66.9 Å². The number of nitrogens with one attached hydrogen (secondary N) is 1. The maximum Gasteiger partial charge on any atom is 0.237 e. The Balaban J connectivity index is 1.70. The molecule has 0 spiro atoms. The molecule has 0 aliphatic rings. The van der Waals surface area contributed by atoms with Gasteiger partial charge >= 0.3 is 0 Å². The fraction of sp³-hybridized carbons (Fsp3) is 0.227. The van der Waals surface area contributed by atoms with E-state index in [4.69, 9.17) is 5.26 Å². The van der Waals surface area contributed by atoms with Crippen LogP contribution in [0.1, 0.15) is 17.5 Å². The highest BCUT2D eigenvalue weighted by atomic mass is 32.2. The van der Waals surface area contributed by atoms with E-state index in [-0.39, 0.29) is 23.9 Å². The summed E-state index contributed by atoms with van der Waals surface area (Å²) < 4.78 is 13.1. The number of anilines is 1. The second-order valence-corrected chi connectivity index (χ2v) is 7.66. The van der Waals surface area contributed by atoms with Gasteiger partial charge in [-0.15, -0.1) is 0 Å². The van der Waals surface area contributed by atoms with Crippen LogP contribution in [-0.2, 0) is 4.79 Å². The molecule has 0 saturated heterocycles. The quantitative estimate of drug-likeness (QED) is 0.566. The van der Waals surface area contributed by atoms with Gasteiger partial charge in [-0.3, -0.25) is 4.79 Å². The monoisotopic (exact) mass is 408 g/mol. The van der Waals surface area contributed by atoms with E-state index >= 15 is 0 Å². The van der Waals surface area contributed by atoms with E-state index in [1.807, 2.05) is 32.0 Å². The molecule has 0 aliphatic heterocycles. The molecule has 3 aromatic rings. The van der Waals surface area contributed by atoms with Crippen LogP contribution in [0.2, 0.25) is 0 Å². The summed E-state index contributed by atoms with van der Waals surface area (Å²) in [4.78, 5) is 22.0. The largest absolute Gasteiger partial charge is 0.333 e. The number of halogens is 1. The van der Waals surface area contributed by atoms with Crippen molar-refractivity contribution in [1.29, 1.82) is 5.26 Å². The average molecular weight is 409 g/mol. The Bertz CT molecular complexity index is 1020. The van der Waals surface area contributed by atoms with Crippen molar-refractivity contribution in [3.63, 3.8) is 0 Å². The molecule has 7 heteroatoms. The minimum absolute atomic E-state index is 0.0880. The highest BCUT2D eigenvalue weighted by Gasteiger charge is 2.17. The van der Waals surface area contributed by atoms with Gasteiger partial charge in [-0.25, -0.2) is 9.37 Å². The fourth-order valence-electron chi connectivity index (χ4n) is 3.03. The Kier molecular flexibility index (Phi) is 6.68. The smallest absolute Gasteiger partial charge is 0.237 e. The first-order chi connectivity index (χ1) is 14.0. The first-order valence-electron chi connectivity index (χ1n) is 9.15. The minimum atomic E-state index is -0.294. The molecule has 148 valence electrons. The second-order valence-electron chi connectivity index (χ2n) is 6.70. The maximum atomic E-state index is 13.1. The van der Waals surface area contributed by atoms with Crippen LogP contribution in [0.5, 0.6) is 0 Å². The van der Waals surface area contributed by atoms with Crippen LogP contribution in [0.3, 0.4) is 0 Å². The number of amides is 1. The summed E-state index contributed by atoms with van der Waals surface area (Å²) in [6.07, 6.45) is 1.93. The van der Waals surface area contributed by atoms with Crippen molar-refractivity contribution in [3.05, 3.63) is 65.6 Å². The summed E-state index contributed by atoms with van der Waals surface area (Å²) in [6.45, 7) is 4.31. The lowest BCUT2D eigenvalue weighted by molar-refractivity contribution is -0.116. The van der Waals surface area contributed by atoms with Gasteiger partial charge in [0.15, 0.2) is 5.16 Å². The number of benzene rings is 2. The molecule has 2 aromatic carbocycles. The highest BCUT2D eigenvalue weighted by molar-refractivity contribution is 7.99. The Morgan fingerprint density at radius 3 is 2.55 bits per heavy atom. The van der Waals surface area contributed by atoms with Gasteiger partial charge in [-0.2, -0.15) is 5.26 Å². The molecule has 0 radical (unpaired) electrons. The summed E-state index contributed by atoms with van der Waals surface area (Å²) in [5.41, 5.74) is 4.52. The molecule has 0 aliphatic carbocycles. The Labute approximate surface area is 173 Å². The Morgan fingerprint density at radius 2 is 1.90 bits per heavy atom. The lowest BCUT2D eigenvalue weighted by Crippen LogP contribution is -2.33. The lowest BCUT2D eigenvalue weighted by atomic mass is 10.1. The summed E-state index contributed by atoms with van der Waals surface area (Å²) in [5, 5.41) is 9.57. The van der Waals surface area contributed by atoms with E-state index in [0.717, 1.165) is 28.1 Å². The molecule has 5 nitrogen and oxygen atoms in total. The molecule has 0 saturated carbocycles. The van der Waals surface area contributed by atoms with Crippen LogP contribution >= 0.6 is 11.8 Å². The number of H-pyrrole nitrogens is 1. The first-order valence-corrected chi connectivity index (χ1v) is 10.1. The third kappa shape index (κ3) is 5.46. The van der Waals surface area contributed by atoms with Gasteiger partial charge in [0.1, 0.15) is 5.82 Å². The maximum absolute atomic E-state index is 13.1. The SMILES string of the molecule is Cc1cc(C)cc(N(CCC#N)C(=O)CSc2ncc(-c3ccc(F)cc3)[nH]2)c1. The Hall–Kier alpha value is -3.11. The molecule has 0 fully saturated rings. The topological polar surface area (TPSA) is 72.8 Å². The highest BCUT2D eigenvalue weighted by Crippen LogP contribution is 2.24. The van der Waals surface area contributed by atoms with Crippen LogP contribution in [0, 0.1) is 31.0 Å². The number of thioether (sulfide) groups is 1. The molecular formula is C22H21FN4OS. The number of aromatic amines is 1. The number of aryl methyl sites for hydroxylation is 2. The third-order valence-corrected chi connectivity index (χ3v) is 5.18. The molecule has 0 bridgehead atoms. The van der Waals surface area contributed by atoms with Crippen molar-refractivity contribution in [2.75, 3.05) is 17.2 Å². The van der Waals surface area contributed by atoms with Crippen LogP contribution < -0.4 is 4.90 Å². The fourth-order valence-corrected chi connectivity index (χ4v) is 3.75. The molecule has 1 heterocycles. The van der Waals surface area contributed by atoms with Crippen LogP contribution in [0.4, 0.5) is 10.1 Å². The average Bonchev–Trinajstić information content (AvgIpc) is 3.15. The third-order valence-electron chi connectivity index (χ3n) is 4.31. The number of hydrogen-bond donors (Lipinski definition) is 1. The molecule has 0 atom stereocenters. The zero-order chi connectivity index (χ0) is 20.8. The van der Waals surface area contributed by atoms with Crippen molar-refractivity contribution in [2.24, 2.45) is 0 Å². The number of hydrogen-bond acceptors (Lipinski definition) is 4. The van der Waals surface area contributed by atoms with E-state index < -0.39 is 0 Å². The van der Waals surface area contributed by atoms with Gasteiger partial charge in [0.25, 0.3) is 0 Å². The van der Waals surface area contributed by atoms with E-state index in [9.17, 15) is 9.18 Å². The molecule has 1 aromatic heterocycles. The van der Waals surface area contributed by atoms with E-state index in [2.05, 4.69) is 16.0 Å². The zero-order valence-corrected chi connectivity index (χ0v) is 17.1. The van der Waals surface area contributed by atoms with Crippen LogP contribution in [0.25, 0.3) is 11.3 Å². The van der Waals surface area contributed by atoms with E-state index in [1.165, 1.54) is 23.9 Å². The number of carbonyl (C=O) groups is 1. The number of aromatic nitrogens is 2. The van der Waals surface area contributed by atoms with Crippen molar-refractivity contribution in [1.82, 2.24) is 9.97 Å². The minimum Gasteiger partial charge on any atom is -0.333 e. The van der Waals surface area contributed by atoms with Crippen LogP contribution in [0.15, 0.2) is 53.8 Å². The van der Waals surface area contributed by atoms with Crippen LogP contribution in [-0.4, -0.2) is 28.2 Å². The molecule has 1 N–H and O–H groups in total. The predicted octanol–water partition coefficient (Wildman–Crippen LogP) is 4.87. The molecule has 29 heavy (non-hydrogen) atoms. The van der Waals surface area contributed by atoms with Crippen molar-refractivity contribution < 1.29 is 9.18 Å². The molecule has 3 rings (SSSR count). The number of rotatable bonds is 7. The van der Waals surface area contributed by atoms with Gasteiger partial charge in [-0.1, -0.05) is 17.8 Å². The van der Waals surface area contributed by atoms with Gasteiger partial charge < -0.3 is 9.88 Å². The van der Waals surface area contributed by atoms with E-state index in [0.29, 0.717) is 11.7 Å². The summed E-state index contributed by atoms with van der Waals surface area (Å²) in [5.74, 6) is -0.193. The zero-order valence-electron chi connectivity index (χ0n) is 16.3. The number of nitriles is 1. The molecule has 0 unspecified atom stereocenters. The predicted molar refractivity (Wildman–Crippen MR) is 113 cm³/mol. The lowest BCUT2D eigenvalue weighted by Gasteiger charge is -2.22. The molecular weight excluding hydrogens is 387 g/mol. The van der Waals surface area contributed by atoms with Crippen molar-refractivity contribution >= 4 is 23.4 Å². The summed E-state index contributed by atoms with van der Waals surface area (Å²) in [6, 6.07) is 14.2. The Morgan fingerprint density at radius 1 is 1.21 bits per heavy atom. The summed E-state index contributed by atoms with van der Waals surface area (Å²) >= 11 is 1.30. The van der Waals surface area contributed by atoms with Crippen molar-refractivity contribution in [2.45, 2.75) is 25.4 Å². The number of imidazole rings is 1. The first kappa shape index (κ1) is 20.6. The second kappa shape index (κ2) is 9.39. The van der Waals surface area contributed by atoms with Gasteiger partial charge in [0, 0.05) is 12.2 Å². The normalized spacial score (nSPS) is 10.6. The molecule has 1 amide bonds. The van der Waals surface area contributed by atoms with Crippen molar-refractivity contribution in [3.8, 4) is 17.3 Å². The number of nitrogens with zero attached hydrogens (tertiary/aromatic N) is 3. The van der Waals surface area contributed by atoms with E-state index in [1.54, 1.807) is 23.2 Å².